The van der Waals surface area contributed by atoms with Crippen LogP contribution in [-0.2, 0) is 19.1 Å². The zero-order valence-electron chi connectivity index (χ0n) is 6.65. The van der Waals surface area contributed by atoms with Gasteiger partial charge in [0.05, 0.1) is 32.2 Å². The Bertz CT molecular complexity index is 200. The van der Waals surface area contributed by atoms with Crippen molar-refractivity contribution in [1.82, 2.24) is 0 Å². The Balaban J connectivity index is 2.63. The van der Waals surface area contributed by atoms with E-state index in [-0.39, 0.29) is 13.2 Å². The molecule has 68 valence electrons. The lowest BCUT2D eigenvalue weighted by molar-refractivity contribution is -0.153. The third-order valence-corrected chi connectivity index (χ3v) is 1.90. The largest absolute Gasteiger partial charge is 0.481 e. The Morgan fingerprint density at radius 1 is 1.42 bits per heavy atom. The zero-order chi connectivity index (χ0) is 9.14. The molecule has 0 aromatic carbocycles. The molecule has 0 bridgehead atoms. The van der Waals surface area contributed by atoms with Crippen molar-refractivity contribution in [3.63, 3.8) is 0 Å². The summed E-state index contributed by atoms with van der Waals surface area (Å²) >= 11 is 0. The average molecular weight is 174 g/mol. The van der Waals surface area contributed by atoms with Crippen molar-refractivity contribution in [2.75, 3.05) is 20.3 Å². The fourth-order valence-corrected chi connectivity index (χ4v) is 1.18. The minimum absolute atomic E-state index is 0.0924. The molecule has 0 aromatic heterocycles. The van der Waals surface area contributed by atoms with Crippen molar-refractivity contribution in [2.24, 2.45) is 11.8 Å². The summed E-state index contributed by atoms with van der Waals surface area (Å²) in [6.45, 7) is 0.235. The maximum atomic E-state index is 11.0. The number of hydrogen-bond donors (Lipinski definition) is 1. The van der Waals surface area contributed by atoms with E-state index < -0.39 is 23.8 Å². The number of carboxylic acid groups (broad SMARTS) is 1. The molecule has 12 heavy (non-hydrogen) atoms. The second-order valence-electron chi connectivity index (χ2n) is 2.61. The first-order chi connectivity index (χ1) is 5.66. The second kappa shape index (κ2) is 3.53. The van der Waals surface area contributed by atoms with Crippen molar-refractivity contribution in [3.8, 4) is 0 Å². The molecule has 1 rings (SSSR count). The second-order valence-corrected chi connectivity index (χ2v) is 2.61. The van der Waals surface area contributed by atoms with Gasteiger partial charge in [0, 0.05) is 0 Å². The van der Waals surface area contributed by atoms with E-state index in [0.717, 1.165) is 0 Å². The average Bonchev–Trinajstić information content (AvgIpc) is 2.50. The Hall–Kier alpha value is -1.10. The van der Waals surface area contributed by atoms with Gasteiger partial charge in [-0.15, -0.1) is 0 Å². The first-order valence-electron chi connectivity index (χ1n) is 3.55. The zero-order valence-corrected chi connectivity index (χ0v) is 6.65. The molecule has 5 nitrogen and oxygen atoms in total. The Morgan fingerprint density at radius 3 is 2.50 bits per heavy atom. The van der Waals surface area contributed by atoms with Crippen molar-refractivity contribution < 1.29 is 24.2 Å². The summed E-state index contributed by atoms with van der Waals surface area (Å²) < 4.78 is 9.30. The molecule has 0 saturated carbocycles. The minimum atomic E-state index is -1.01. The van der Waals surface area contributed by atoms with Crippen LogP contribution in [0.3, 0.4) is 0 Å². The SMILES string of the molecule is COC(=O)[C@@H]1COCC1C(=O)O. The summed E-state index contributed by atoms with van der Waals surface area (Å²) in [6.07, 6.45) is 0. The molecular weight excluding hydrogens is 164 g/mol. The molecule has 1 saturated heterocycles. The highest BCUT2D eigenvalue weighted by molar-refractivity contribution is 5.81. The van der Waals surface area contributed by atoms with Crippen LogP contribution in [0.5, 0.6) is 0 Å². The topological polar surface area (TPSA) is 72.8 Å². The van der Waals surface area contributed by atoms with Gasteiger partial charge in [0.1, 0.15) is 0 Å². The van der Waals surface area contributed by atoms with Crippen molar-refractivity contribution >= 4 is 11.9 Å². The molecule has 0 aromatic rings. The number of carboxylic acids is 1. The molecule has 1 heterocycles. The summed E-state index contributed by atoms with van der Waals surface area (Å²) in [5, 5.41) is 8.64. The van der Waals surface area contributed by atoms with Gasteiger partial charge in [-0.1, -0.05) is 0 Å². The monoisotopic (exact) mass is 174 g/mol. The molecule has 1 unspecified atom stereocenters. The van der Waals surface area contributed by atoms with Crippen LogP contribution in [0.2, 0.25) is 0 Å². The fraction of sp³-hybridized carbons (Fsp3) is 0.714. The smallest absolute Gasteiger partial charge is 0.311 e. The molecule has 5 heteroatoms. The lowest BCUT2D eigenvalue weighted by atomic mass is 9.97. The number of hydrogen-bond acceptors (Lipinski definition) is 4. The molecule has 0 aliphatic carbocycles. The fourth-order valence-electron chi connectivity index (χ4n) is 1.18. The quantitative estimate of drug-likeness (QED) is 0.571. The predicted octanol–water partition coefficient (Wildman–Crippen LogP) is -0.493. The van der Waals surface area contributed by atoms with Gasteiger partial charge < -0.3 is 14.6 Å². The molecule has 1 N–H and O–H groups in total. The number of esters is 1. The van der Waals surface area contributed by atoms with Crippen LogP contribution < -0.4 is 0 Å². The summed E-state index contributed by atoms with van der Waals surface area (Å²) in [7, 11) is 1.24. The molecule has 2 atom stereocenters. The van der Waals surface area contributed by atoms with E-state index in [0.29, 0.717) is 0 Å². The van der Waals surface area contributed by atoms with Crippen LogP contribution in [0.15, 0.2) is 0 Å². The Labute approximate surface area is 69.3 Å². The van der Waals surface area contributed by atoms with Gasteiger partial charge in [0.2, 0.25) is 0 Å². The van der Waals surface area contributed by atoms with Gasteiger partial charge in [-0.3, -0.25) is 9.59 Å². The number of ether oxygens (including phenoxy) is 2. The van der Waals surface area contributed by atoms with Crippen LogP contribution in [0.25, 0.3) is 0 Å². The molecular formula is C7H10O5. The van der Waals surface area contributed by atoms with Crippen LogP contribution in [0.4, 0.5) is 0 Å². The normalized spacial score (nSPS) is 28.4. The van der Waals surface area contributed by atoms with E-state index in [1.807, 2.05) is 0 Å². The third-order valence-electron chi connectivity index (χ3n) is 1.90. The van der Waals surface area contributed by atoms with E-state index in [1.165, 1.54) is 7.11 Å². The van der Waals surface area contributed by atoms with Gasteiger partial charge in [-0.2, -0.15) is 0 Å². The Kier molecular flexibility index (Phi) is 2.65. The van der Waals surface area contributed by atoms with Gasteiger partial charge in [-0.25, -0.2) is 0 Å². The van der Waals surface area contributed by atoms with E-state index >= 15 is 0 Å². The first-order valence-corrected chi connectivity index (χ1v) is 3.55. The molecule has 1 aliphatic heterocycles. The highest BCUT2D eigenvalue weighted by Gasteiger charge is 2.39. The number of carbonyl (C=O) groups is 2. The third kappa shape index (κ3) is 1.55. The summed E-state index contributed by atoms with van der Waals surface area (Å²) in [5.41, 5.74) is 0. The Morgan fingerprint density at radius 2 is 2.00 bits per heavy atom. The maximum absolute atomic E-state index is 11.0. The van der Waals surface area contributed by atoms with E-state index in [4.69, 9.17) is 9.84 Å². The summed E-state index contributed by atoms with van der Waals surface area (Å²) in [4.78, 5) is 21.5. The predicted molar refractivity (Wildman–Crippen MR) is 37.5 cm³/mol. The number of aliphatic carboxylic acids is 1. The van der Waals surface area contributed by atoms with Gasteiger partial charge in [0.15, 0.2) is 0 Å². The molecule has 0 amide bonds. The lowest BCUT2D eigenvalue weighted by Gasteiger charge is -2.09. The number of carbonyl (C=O) groups excluding carboxylic acids is 1. The number of methoxy groups -OCH3 is 1. The van der Waals surface area contributed by atoms with E-state index in [1.54, 1.807) is 0 Å². The van der Waals surface area contributed by atoms with Crippen molar-refractivity contribution in [2.45, 2.75) is 0 Å². The lowest BCUT2D eigenvalue weighted by Crippen LogP contribution is -2.29. The van der Waals surface area contributed by atoms with Crippen molar-refractivity contribution in [3.05, 3.63) is 0 Å². The van der Waals surface area contributed by atoms with Crippen LogP contribution >= 0.6 is 0 Å². The molecule has 1 fully saturated rings. The summed E-state index contributed by atoms with van der Waals surface area (Å²) in [5.74, 6) is -2.92. The summed E-state index contributed by atoms with van der Waals surface area (Å²) in [6, 6.07) is 0. The number of rotatable bonds is 2. The van der Waals surface area contributed by atoms with Crippen LogP contribution in [0.1, 0.15) is 0 Å². The highest BCUT2D eigenvalue weighted by Crippen LogP contribution is 2.21. The van der Waals surface area contributed by atoms with E-state index in [2.05, 4.69) is 4.74 Å². The standard InChI is InChI=1S/C7H10O5/c1-11-7(10)5-3-12-2-4(5)6(8)9/h4-5H,2-3H2,1H3,(H,8,9)/t4?,5-/m1/s1. The molecule has 0 spiro atoms. The van der Waals surface area contributed by atoms with Crippen LogP contribution in [-0.4, -0.2) is 37.4 Å². The van der Waals surface area contributed by atoms with Crippen LogP contribution in [0, 0.1) is 11.8 Å². The maximum Gasteiger partial charge on any atom is 0.311 e. The van der Waals surface area contributed by atoms with Crippen molar-refractivity contribution in [1.29, 1.82) is 0 Å². The van der Waals surface area contributed by atoms with Gasteiger partial charge >= 0.3 is 11.9 Å². The highest BCUT2D eigenvalue weighted by atomic mass is 16.5. The molecule has 1 aliphatic rings. The van der Waals surface area contributed by atoms with Gasteiger partial charge in [-0.05, 0) is 0 Å². The minimum Gasteiger partial charge on any atom is -0.481 e. The van der Waals surface area contributed by atoms with Gasteiger partial charge in [0.25, 0.3) is 0 Å². The first kappa shape index (κ1) is 8.99. The van der Waals surface area contributed by atoms with E-state index in [9.17, 15) is 9.59 Å². The molecule has 0 radical (unpaired) electrons.